The Morgan fingerprint density at radius 2 is 1.96 bits per heavy atom. The van der Waals surface area contributed by atoms with Gasteiger partial charge in [0.1, 0.15) is 5.75 Å². The van der Waals surface area contributed by atoms with E-state index in [1.807, 2.05) is 0 Å². The Hall–Kier alpha value is -1.92. The Morgan fingerprint density at radius 3 is 2.52 bits per heavy atom. The largest absolute Gasteiger partial charge is 0.508 e. The fourth-order valence-corrected chi connectivity index (χ4v) is 2.20. The van der Waals surface area contributed by atoms with Crippen molar-refractivity contribution in [3.63, 3.8) is 0 Å². The zero-order valence-electron chi connectivity index (χ0n) is 13.4. The fraction of sp³-hybridized carbons (Fsp3) is 0.529. The normalized spacial score (nSPS) is 19.7. The van der Waals surface area contributed by atoms with Crippen LogP contribution in [0.2, 0.25) is 0 Å². The summed E-state index contributed by atoms with van der Waals surface area (Å²) in [6.07, 6.45) is 1.89. The number of ether oxygens (including phenoxy) is 2. The van der Waals surface area contributed by atoms with Gasteiger partial charge in [-0.25, -0.2) is 4.79 Å². The van der Waals surface area contributed by atoms with Crippen molar-refractivity contribution in [2.24, 2.45) is 10.4 Å². The van der Waals surface area contributed by atoms with E-state index < -0.39 is 12.0 Å². The van der Waals surface area contributed by atoms with E-state index in [1.165, 1.54) is 12.1 Å². The van der Waals surface area contributed by atoms with Crippen molar-refractivity contribution >= 4 is 12.2 Å². The number of aliphatic carboxylic acids is 1. The molecule has 2 N–H and O–H groups in total. The molecule has 2 rings (SSSR count). The van der Waals surface area contributed by atoms with Crippen molar-refractivity contribution in [3.05, 3.63) is 29.8 Å². The maximum absolute atomic E-state index is 11.3. The number of hydrogen-bond acceptors (Lipinski definition) is 5. The van der Waals surface area contributed by atoms with Crippen molar-refractivity contribution in [1.29, 1.82) is 0 Å². The quantitative estimate of drug-likeness (QED) is 0.785. The molecule has 0 aliphatic carbocycles. The van der Waals surface area contributed by atoms with Crippen LogP contribution in [0.5, 0.6) is 5.75 Å². The number of carboxylic acids is 1. The molecule has 0 spiro atoms. The minimum absolute atomic E-state index is 0.0100. The Bertz CT molecular complexity index is 543. The van der Waals surface area contributed by atoms with Crippen LogP contribution in [0.15, 0.2) is 29.3 Å². The first-order valence-corrected chi connectivity index (χ1v) is 7.61. The van der Waals surface area contributed by atoms with E-state index in [4.69, 9.17) is 9.47 Å². The summed E-state index contributed by atoms with van der Waals surface area (Å²) in [4.78, 5) is 15.4. The van der Waals surface area contributed by atoms with Gasteiger partial charge in [0.25, 0.3) is 0 Å². The van der Waals surface area contributed by atoms with E-state index in [0.29, 0.717) is 19.6 Å². The Labute approximate surface area is 135 Å². The minimum atomic E-state index is -0.985. The lowest BCUT2D eigenvalue weighted by molar-refractivity contribution is -0.217. The molecule has 6 heteroatoms. The van der Waals surface area contributed by atoms with Crippen LogP contribution in [0.1, 0.15) is 25.8 Å². The third-order valence-corrected chi connectivity index (χ3v) is 3.55. The van der Waals surface area contributed by atoms with Gasteiger partial charge in [-0.3, -0.25) is 4.99 Å². The summed E-state index contributed by atoms with van der Waals surface area (Å²) in [5.41, 5.74) is 0.815. The average molecular weight is 321 g/mol. The lowest BCUT2D eigenvalue weighted by Gasteiger charge is -2.34. The van der Waals surface area contributed by atoms with E-state index in [0.717, 1.165) is 5.56 Å². The SMILES string of the molecule is CC1(C)COC(CC=N[C@@H](Cc2ccc(O)cc2)C(=O)O)OC1. The maximum atomic E-state index is 11.3. The van der Waals surface area contributed by atoms with Crippen LogP contribution < -0.4 is 0 Å². The summed E-state index contributed by atoms with van der Waals surface area (Å²) in [6.45, 7) is 5.35. The first kappa shape index (κ1) is 17.4. The van der Waals surface area contributed by atoms with Crippen molar-refractivity contribution in [3.8, 4) is 5.75 Å². The highest BCUT2D eigenvalue weighted by atomic mass is 16.7. The van der Waals surface area contributed by atoms with E-state index in [2.05, 4.69) is 18.8 Å². The summed E-state index contributed by atoms with van der Waals surface area (Å²) in [6, 6.07) is 5.58. The van der Waals surface area contributed by atoms with Crippen molar-refractivity contribution < 1.29 is 24.5 Å². The van der Waals surface area contributed by atoms with Gasteiger partial charge in [0.2, 0.25) is 0 Å². The van der Waals surface area contributed by atoms with Crippen LogP contribution in [0.4, 0.5) is 0 Å². The topological polar surface area (TPSA) is 88.4 Å². The van der Waals surface area contributed by atoms with Crippen LogP contribution in [0.3, 0.4) is 0 Å². The Kier molecular flexibility index (Phi) is 5.74. The first-order valence-electron chi connectivity index (χ1n) is 7.61. The second kappa shape index (κ2) is 7.57. The number of aliphatic imine (C=N–C) groups is 1. The molecule has 1 saturated heterocycles. The number of phenolic OH excluding ortho intramolecular Hbond substituents is 1. The van der Waals surface area contributed by atoms with E-state index in [1.54, 1.807) is 18.3 Å². The van der Waals surface area contributed by atoms with Crippen molar-refractivity contribution in [1.82, 2.24) is 0 Å². The fourth-order valence-electron chi connectivity index (χ4n) is 2.20. The lowest BCUT2D eigenvalue weighted by atomic mass is 9.95. The van der Waals surface area contributed by atoms with Crippen LogP contribution in [-0.2, 0) is 20.7 Å². The van der Waals surface area contributed by atoms with Gasteiger partial charge >= 0.3 is 5.97 Å². The number of rotatable bonds is 6. The van der Waals surface area contributed by atoms with Gasteiger partial charge in [-0.15, -0.1) is 0 Å². The second-order valence-electron chi connectivity index (χ2n) is 6.51. The number of aromatic hydroxyl groups is 1. The molecule has 1 fully saturated rings. The van der Waals surface area contributed by atoms with E-state index >= 15 is 0 Å². The third-order valence-electron chi connectivity index (χ3n) is 3.55. The highest BCUT2D eigenvalue weighted by Gasteiger charge is 2.27. The molecule has 1 heterocycles. The van der Waals surface area contributed by atoms with Gasteiger partial charge in [-0.05, 0) is 17.7 Å². The molecule has 1 aromatic carbocycles. The second-order valence-corrected chi connectivity index (χ2v) is 6.51. The molecular weight excluding hydrogens is 298 g/mol. The molecule has 1 atom stereocenters. The first-order chi connectivity index (χ1) is 10.9. The zero-order valence-corrected chi connectivity index (χ0v) is 13.4. The Balaban J connectivity index is 1.87. The number of benzene rings is 1. The smallest absolute Gasteiger partial charge is 0.328 e. The van der Waals surface area contributed by atoms with Crippen molar-refractivity contribution in [2.45, 2.75) is 39.0 Å². The van der Waals surface area contributed by atoms with E-state index in [9.17, 15) is 15.0 Å². The lowest BCUT2D eigenvalue weighted by Crippen LogP contribution is -2.37. The third kappa shape index (κ3) is 5.65. The molecule has 6 nitrogen and oxygen atoms in total. The molecule has 0 unspecified atom stereocenters. The predicted octanol–water partition coefficient (Wildman–Crippen LogP) is 2.25. The standard InChI is InChI=1S/C17H23NO5/c1-17(2)10-22-15(23-11-17)7-8-18-14(16(20)21)9-12-3-5-13(19)6-4-12/h3-6,8,14-15,19H,7,9-11H2,1-2H3,(H,20,21)/t14-/m0/s1. The highest BCUT2D eigenvalue weighted by Crippen LogP contribution is 2.23. The molecule has 0 amide bonds. The Morgan fingerprint density at radius 1 is 1.35 bits per heavy atom. The summed E-state index contributed by atoms with van der Waals surface area (Å²) in [5.74, 6) is -0.834. The number of carboxylic acid groups (broad SMARTS) is 1. The maximum Gasteiger partial charge on any atom is 0.328 e. The van der Waals surface area contributed by atoms with Gasteiger partial charge in [-0.2, -0.15) is 0 Å². The predicted molar refractivity (Wildman–Crippen MR) is 85.8 cm³/mol. The molecule has 1 aromatic rings. The van der Waals surface area contributed by atoms with Crippen LogP contribution in [0.25, 0.3) is 0 Å². The molecule has 126 valence electrons. The zero-order chi connectivity index (χ0) is 16.9. The molecule has 1 aliphatic rings. The molecule has 0 bridgehead atoms. The molecule has 0 radical (unpaired) electrons. The molecule has 0 aromatic heterocycles. The molecule has 1 aliphatic heterocycles. The van der Waals surface area contributed by atoms with Gasteiger partial charge in [0.05, 0.1) is 13.2 Å². The van der Waals surface area contributed by atoms with E-state index in [-0.39, 0.29) is 23.9 Å². The van der Waals surface area contributed by atoms with Crippen LogP contribution >= 0.6 is 0 Å². The van der Waals surface area contributed by atoms with Crippen LogP contribution in [-0.4, -0.2) is 47.9 Å². The number of hydrogen-bond donors (Lipinski definition) is 2. The monoisotopic (exact) mass is 321 g/mol. The number of nitrogens with zero attached hydrogens (tertiary/aromatic N) is 1. The average Bonchev–Trinajstić information content (AvgIpc) is 2.49. The number of phenols is 1. The van der Waals surface area contributed by atoms with Gasteiger partial charge in [-0.1, -0.05) is 26.0 Å². The van der Waals surface area contributed by atoms with Crippen molar-refractivity contribution in [2.75, 3.05) is 13.2 Å². The summed E-state index contributed by atoms with van der Waals surface area (Å²) in [5, 5.41) is 18.5. The summed E-state index contributed by atoms with van der Waals surface area (Å²) in [7, 11) is 0. The minimum Gasteiger partial charge on any atom is -0.508 e. The summed E-state index contributed by atoms with van der Waals surface area (Å²) < 4.78 is 11.2. The highest BCUT2D eigenvalue weighted by molar-refractivity contribution is 5.76. The van der Waals surface area contributed by atoms with Gasteiger partial charge in [0.15, 0.2) is 12.3 Å². The number of carbonyl (C=O) groups is 1. The van der Waals surface area contributed by atoms with Gasteiger partial charge < -0.3 is 19.7 Å². The van der Waals surface area contributed by atoms with Crippen LogP contribution in [0, 0.1) is 5.41 Å². The summed E-state index contributed by atoms with van der Waals surface area (Å²) >= 11 is 0. The van der Waals surface area contributed by atoms with Gasteiger partial charge in [0, 0.05) is 24.5 Å². The molecular formula is C17H23NO5. The molecule has 0 saturated carbocycles. The molecule has 23 heavy (non-hydrogen) atoms.